The molecule has 16 nitrogen and oxygen atoms in total. The van der Waals surface area contributed by atoms with Gasteiger partial charge in [-0.2, -0.15) is 0 Å². The summed E-state index contributed by atoms with van der Waals surface area (Å²) in [5, 5.41) is 16.3. The number of para-hydroxylation sites is 1. The largest absolute Gasteiger partial charge is 0.370 e. The summed E-state index contributed by atoms with van der Waals surface area (Å²) >= 11 is 0. The Balaban J connectivity index is 1.47. The molecule has 0 bridgehead atoms. The molecular formula is C38H46N10O6. The zero-order valence-corrected chi connectivity index (χ0v) is 29.7. The minimum absolute atomic E-state index is 0.0130. The number of aromatic nitrogens is 1. The SMILES string of the molecule is NC(=O)[C@H]1CCNC(=O)CCC(=O)N[C@@H](Cc2ccc3ccccc3c2)C(=O)N[C@@H](CCCN=C(N)N)C(=O)N[C@H](Cc2c[nH]c3ccccc23)C(=O)N1. The summed E-state index contributed by atoms with van der Waals surface area (Å²) in [4.78, 5) is 87.4. The molecule has 5 rings (SSSR count). The lowest BCUT2D eigenvalue weighted by atomic mass is 10.00. The molecule has 0 aliphatic carbocycles. The number of guanidine groups is 1. The standard InChI is InChI=1S/C38H46N10O6/c39-34(51)28-15-17-42-32(49)13-14-33(50)45-30(19-22-11-12-23-6-1-2-7-24(23)18-22)36(53)47-29(10-5-16-43-38(40)41)35(52)48-31(37(54)46-28)20-25-21-44-27-9-4-3-8-26(25)27/h1-4,6-9,11-12,18,21,28-31,44H,5,10,13-17,19-20H2,(H2,39,51)(H,42,49)(H,45,50)(H,46,54)(H,47,53)(H,48,52)(H4,40,41,43)/t28-,29+,30+,31-/m1/s1. The first-order chi connectivity index (χ1) is 26.0. The highest BCUT2D eigenvalue weighted by atomic mass is 16.2. The van der Waals surface area contributed by atoms with Crippen LogP contribution in [0.5, 0.6) is 0 Å². The Morgan fingerprint density at radius 3 is 2.17 bits per heavy atom. The molecule has 4 atom stereocenters. The van der Waals surface area contributed by atoms with Crippen LogP contribution in [-0.2, 0) is 41.6 Å². The average molecular weight is 739 g/mol. The van der Waals surface area contributed by atoms with E-state index in [1.54, 1.807) is 6.20 Å². The number of benzene rings is 3. The average Bonchev–Trinajstić information content (AvgIpc) is 3.56. The molecule has 284 valence electrons. The Morgan fingerprint density at radius 2 is 1.39 bits per heavy atom. The number of carbonyl (C=O) groups excluding carboxylic acids is 6. The van der Waals surface area contributed by atoms with Crippen molar-refractivity contribution in [2.45, 2.75) is 69.1 Å². The maximum absolute atomic E-state index is 14.1. The van der Waals surface area contributed by atoms with Crippen molar-refractivity contribution in [3.05, 3.63) is 84.1 Å². The molecule has 0 radical (unpaired) electrons. The lowest BCUT2D eigenvalue weighted by Crippen LogP contribution is -2.59. The van der Waals surface area contributed by atoms with E-state index in [-0.39, 0.29) is 64.0 Å². The van der Waals surface area contributed by atoms with Crippen LogP contribution in [0, 0.1) is 0 Å². The molecule has 1 fully saturated rings. The molecule has 1 aliphatic heterocycles. The van der Waals surface area contributed by atoms with Crippen molar-refractivity contribution in [1.82, 2.24) is 31.6 Å². The third-order valence-corrected chi connectivity index (χ3v) is 9.21. The van der Waals surface area contributed by atoms with E-state index in [1.807, 2.05) is 66.7 Å². The topological polar surface area (TPSA) is 269 Å². The number of aromatic amines is 1. The fraction of sp³-hybridized carbons (Fsp3) is 0.342. The van der Waals surface area contributed by atoms with Crippen molar-refractivity contribution in [3.8, 4) is 0 Å². The molecule has 12 N–H and O–H groups in total. The summed E-state index contributed by atoms with van der Waals surface area (Å²) in [5.41, 5.74) is 18.9. The number of nitrogens with zero attached hydrogens (tertiary/aromatic N) is 1. The lowest BCUT2D eigenvalue weighted by molar-refractivity contribution is -0.134. The van der Waals surface area contributed by atoms with Crippen molar-refractivity contribution in [2.75, 3.05) is 13.1 Å². The van der Waals surface area contributed by atoms with Gasteiger partial charge < -0.3 is 48.8 Å². The van der Waals surface area contributed by atoms with E-state index in [0.717, 1.165) is 27.2 Å². The van der Waals surface area contributed by atoms with E-state index >= 15 is 0 Å². The summed E-state index contributed by atoms with van der Waals surface area (Å²) in [6.45, 7) is 0.125. The summed E-state index contributed by atoms with van der Waals surface area (Å²) in [7, 11) is 0. The monoisotopic (exact) mass is 738 g/mol. The Labute approximate surface area is 311 Å². The number of nitrogens with one attached hydrogen (secondary N) is 6. The lowest BCUT2D eigenvalue weighted by Gasteiger charge is -2.26. The van der Waals surface area contributed by atoms with Gasteiger partial charge in [-0.05, 0) is 47.2 Å². The van der Waals surface area contributed by atoms with E-state index in [0.29, 0.717) is 5.56 Å². The first kappa shape index (κ1) is 38.8. The number of nitrogens with two attached hydrogens (primary N) is 3. The van der Waals surface area contributed by atoms with Crippen molar-refractivity contribution in [1.29, 1.82) is 0 Å². The molecular weight excluding hydrogens is 692 g/mol. The van der Waals surface area contributed by atoms with Crippen LogP contribution in [0.25, 0.3) is 21.7 Å². The fourth-order valence-electron chi connectivity index (χ4n) is 6.35. The van der Waals surface area contributed by atoms with Gasteiger partial charge in [0, 0.05) is 55.9 Å². The fourth-order valence-corrected chi connectivity index (χ4v) is 6.35. The number of amides is 6. The van der Waals surface area contributed by atoms with Gasteiger partial charge in [0.2, 0.25) is 35.4 Å². The normalized spacial score (nSPS) is 20.8. The number of hydrogen-bond acceptors (Lipinski definition) is 7. The minimum Gasteiger partial charge on any atom is -0.370 e. The number of fused-ring (bicyclic) bond motifs is 2. The number of rotatable bonds is 9. The highest BCUT2D eigenvalue weighted by molar-refractivity contribution is 5.96. The number of primary amides is 1. The van der Waals surface area contributed by atoms with Gasteiger partial charge in [0.05, 0.1) is 0 Å². The molecule has 1 saturated heterocycles. The van der Waals surface area contributed by atoms with Crippen molar-refractivity contribution < 1.29 is 28.8 Å². The maximum atomic E-state index is 14.1. The third kappa shape index (κ3) is 10.8. The molecule has 0 unspecified atom stereocenters. The number of carbonyl (C=O) groups is 6. The van der Waals surface area contributed by atoms with Crippen molar-refractivity contribution in [2.24, 2.45) is 22.2 Å². The zero-order valence-electron chi connectivity index (χ0n) is 29.7. The van der Waals surface area contributed by atoms with E-state index in [4.69, 9.17) is 17.2 Å². The molecule has 54 heavy (non-hydrogen) atoms. The highest BCUT2D eigenvalue weighted by Crippen LogP contribution is 2.20. The second kappa shape index (κ2) is 18.3. The van der Waals surface area contributed by atoms with Crippen LogP contribution in [0.15, 0.2) is 77.9 Å². The van der Waals surface area contributed by atoms with Crippen LogP contribution in [0.4, 0.5) is 0 Å². The van der Waals surface area contributed by atoms with Crippen molar-refractivity contribution >= 4 is 63.1 Å². The predicted octanol–water partition coefficient (Wildman–Crippen LogP) is -0.115. The van der Waals surface area contributed by atoms with Gasteiger partial charge in [0.25, 0.3) is 0 Å². The molecule has 4 aromatic rings. The van der Waals surface area contributed by atoms with Gasteiger partial charge >= 0.3 is 0 Å². The molecule has 0 saturated carbocycles. The van der Waals surface area contributed by atoms with Gasteiger partial charge in [-0.1, -0.05) is 60.7 Å². The van der Waals surface area contributed by atoms with E-state index < -0.39 is 59.6 Å². The van der Waals surface area contributed by atoms with Crippen LogP contribution in [-0.4, -0.2) is 83.6 Å². The second-order valence-electron chi connectivity index (χ2n) is 13.2. The van der Waals surface area contributed by atoms with E-state index in [1.165, 1.54) is 0 Å². The van der Waals surface area contributed by atoms with E-state index in [2.05, 4.69) is 36.6 Å². The number of hydrogen-bond donors (Lipinski definition) is 9. The first-order valence-corrected chi connectivity index (χ1v) is 17.8. The Kier molecular flexibility index (Phi) is 13.2. The molecule has 0 spiro atoms. The predicted molar refractivity (Wildman–Crippen MR) is 203 cm³/mol. The van der Waals surface area contributed by atoms with Crippen molar-refractivity contribution in [3.63, 3.8) is 0 Å². The molecule has 16 heteroatoms. The summed E-state index contributed by atoms with van der Waals surface area (Å²) < 4.78 is 0. The van der Waals surface area contributed by atoms with Crippen LogP contribution in [0.3, 0.4) is 0 Å². The van der Waals surface area contributed by atoms with Gasteiger partial charge in [0.1, 0.15) is 24.2 Å². The third-order valence-electron chi connectivity index (χ3n) is 9.21. The molecule has 2 heterocycles. The highest BCUT2D eigenvalue weighted by Gasteiger charge is 2.32. The van der Waals surface area contributed by atoms with Gasteiger partial charge in [-0.15, -0.1) is 0 Å². The van der Waals surface area contributed by atoms with Crippen LogP contribution in [0.2, 0.25) is 0 Å². The smallest absolute Gasteiger partial charge is 0.243 e. The second-order valence-corrected chi connectivity index (χ2v) is 13.2. The molecule has 1 aromatic heterocycles. The Morgan fingerprint density at radius 1 is 0.722 bits per heavy atom. The van der Waals surface area contributed by atoms with Crippen LogP contribution >= 0.6 is 0 Å². The molecule has 3 aromatic carbocycles. The quantitative estimate of drug-likeness (QED) is 0.0633. The van der Waals surface area contributed by atoms with Gasteiger partial charge in [-0.25, -0.2) is 0 Å². The summed E-state index contributed by atoms with van der Waals surface area (Å²) in [5.74, 6) is -4.05. The number of H-pyrrole nitrogens is 1. The van der Waals surface area contributed by atoms with E-state index in [9.17, 15) is 28.8 Å². The summed E-state index contributed by atoms with van der Waals surface area (Å²) in [6.07, 6.45) is 1.69. The van der Waals surface area contributed by atoms with Crippen LogP contribution < -0.4 is 43.8 Å². The van der Waals surface area contributed by atoms with Crippen LogP contribution in [0.1, 0.15) is 43.2 Å². The Bertz CT molecular complexity index is 2040. The zero-order chi connectivity index (χ0) is 38.6. The molecule has 1 aliphatic rings. The number of aliphatic imine (C=N–C) groups is 1. The van der Waals surface area contributed by atoms with Gasteiger partial charge in [-0.3, -0.25) is 33.8 Å². The maximum Gasteiger partial charge on any atom is 0.243 e. The van der Waals surface area contributed by atoms with Gasteiger partial charge in [0.15, 0.2) is 5.96 Å². The Hall–Kier alpha value is -6.45. The minimum atomic E-state index is -1.22. The first-order valence-electron chi connectivity index (χ1n) is 17.8. The summed E-state index contributed by atoms with van der Waals surface area (Å²) in [6, 6.07) is 16.1. The molecule has 6 amide bonds.